The van der Waals surface area contributed by atoms with Gasteiger partial charge in [0.05, 0.1) is 0 Å². The van der Waals surface area contributed by atoms with E-state index in [0.29, 0.717) is 0 Å². The summed E-state index contributed by atoms with van der Waals surface area (Å²) in [6, 6.07) is 2.96. The minimum absolute atomic E-state index is 0.106. The van der Waals surface area contributed by atoms with Crippen LogP contribution in [0.15, 0.2) is 18.2 Å². The highest BCUT2D eigenvalue weighted by Crippen LogP contribution is 2.17. The van der Waals surface area contributed by atoms with Crippen LogP contribution in [0.1, 0.15) is 13.8 Å². The highest BCUT2D eigenvalue weighted by Gasteiger charge is 2.10. The first kappa shape index (κ1) is 11.6. The number of carbonyl (C=O) groups is 1. The van der Waals surface area contributed by atoms with Crippen molar-refractivity contribution in [3.05, 3.63) is 29.8 Å². The van der Waals surface area contributed by atoms with Crippen LogP contribution in [0, 0.1) is 17.6 Å². The third kappa shape index (κ3) is 3.31. The van der Waals surface area contributed by atoms with Crippen molar-refractivity contribution < 1.29 is 18.3 Å². The van der Waals surface area contributed by atoms with Gasteiger partial charge < -0.3 is 4.74 Å². The molecule has 1 rings (SSSR count). The molecule has 0 N–H and O–H groups in total. The second-order valence-electron chi connectivity index (χ2n) is 3.48. The van der Waals surface area contributed by atoms with E-state index >= 15 is 0 Å². The van der Waals surface area contributed by atoms with E-state index < -0.39 is 11.6 Å². The molecular formula is C11H12F2O2. The predicted octanol–water partition coefficient (Wildman–Crippen LogP) is 2.57. The monoisotopic (exact) mass is 214 g/mol. The van der Waals surface area contributed by atoms with Gasteiger partial charge in [-0.2, -0.15) is 0 Å². The quantitative estimate of drug-likeness (QED) is 0.770. The van der Waals surface area contributed by atoms with Crippen molar-refractivity contribution in [3.63, 3.8) is 0 Å². The molecule has 0 aliphatic rings. The van der Waals surface area contributed by atoms with Crippen LogP contribution in [0.25, 0.3) is 0 Å². The van der Waals surface area contributed by atoms with E-state index in [2.05, 4.69) is 0 Å². The van der Waals surface area contributed by atoms with Crippen LogP contribution in [0.4, 0.5) is 8.78 Å². The zero-order chi connectivity index (χ0) is 11.4. The Balaban J connectivity index is 2.62. The van der Waals surface area contributed by atoms with Gasteiger partial charge in [-0.1, -0.05) is 13.8 Å². The van der Waals surface area contributed by atoms with Crippen LogP contribution in [-0.2, 0) is 4.79 Å². The molecule has 2 nitrogen and oxygen atoms in total. The van der Waals surface area contributed by atoms with Gasteiger partial charge in [0.25, 0.3) is 0 Å². The molecule has 0 aliphatic heterocycles. The number of rotatable bonds is 4. The standard InChI is InChI=1S/C11H12F2O2/c1-7(2)10(14)6-15-11-4-3-8(12)5-9(11)13/h3-5,7H,6H2,1-2H3. The summed E-state index contributed by atoms with van der Waals surface area (Å²) < 4.78 is 30.5. The molecule has 4 heteroatoms. The Morgan fingerprint density at radius 1 is 1.40 bits per heavy atom. The number of halogens is 2. The Morgan fingerprint density at radius 3 is 2.60 bits per heavy atom. The van der Waals surface area contributed by atoms with Gasteiger partial charge in [-0.15, -0.1) is 0 Å². The third-order valence-electron chi connectivity index (χ3n) is 1.91. The van der Waals surface area contributed by atoms with Gasteiger partial charge >= 0.3 is 0 Å². The van der Waals surface area contributed by atoms with Crippen molar-refractivity contribution in [2.24, 2.45) is 5.92 Å². The van der Waals surface area contributed by atoms with Crippen LogP contribution < -0.4 is 4.74 Å². The highest BCUT2D eigenvalue weighted by molar-refractivity contribution is 5.81. The number of ketones is 1. The van der Waals surface area contributed by atoms with Gasteiger partial charge in [-0.3, -0.25) is 4.79 Å². The van der Waals surface area contributed by atoms with E-state index in [0.717, 1.165) is 18.2 Å². The maximum absolute atomic E-state index is 13.0. The normalized spacial score (nSPS) is 10.5. The smallest absolute Gasteiger partial charge is 0.172 e. The molecule has 15 heavy (non-hydrogen) atoms. The lowest BCUT2D eigenvalue weighted by Crippen LogP contribution is -2.17. The fourth-order valence-corrected chi connectivity index (χ4v) is 0.908. The maximum Gasteiger partial charge on any atom is 0.172 e. The molecule has 0 aliphatic carbocycles. The number of Topliss-reactive ketones (excluding diaryl/α,β-unsaturated/α-hetero) is 1. The minimum atomic E-state index is -0.799. The molecule has 0 fully saturated rings. The van der Waals surface area contributed by atoms with Gasteiger partial charge in [-0.05, 0) is 12.1 Å². The lowest BCUT2D eigenvalue weighted by atomic mass is 10.1. The second kappa shape index (κ2) is 4.87. The zero-order valence-corrected chi connectivity index (χ0v) is 8.59. The Bertz CT molecular complexity index is 362. The molecule has 1 aromatic rings. The summed E-state index contributed by atoms with van der Waals surface area (Å²) >= 11 is 0. The second-order valence-corrected chi connectivity index (χ2v) is 3.48. The average molecular weight is 214 g/mol. The van der Waals surface area contributed by atoms with Crippen LogP contribution in [-0.4, -0.2) is 12.4 Å². The summed E-state index contributed by atoms with van der Waals surface area (Å²) in [5, 5.41) is 0. The summed E-state index contributed by atoms with van der Waals surface area (Å²) in [6.07, 6.45) is 0. The Morgan fingerprint density at radius 2 is 2.07 bits per heavy atom. The molecule has 0 spiro atoms. The summed E-state index contributed by atoms with van der Waals surface area (Å²) in [5.41, 5.74) is 0. The third-order valence-corrected chi connectivity index (χ3v) is 1.91. The van der Waals surface area contributed by atoms with E-state index in [4.69, 9.17) is 4.74 Å². The van der Waals surface area contributed by atoms with E-state index in [1.54, 1.807) is 13.8 Å². The van der Waals surface area contributed by atoms with Gasteiger partial charge in [0.15, 0.2) is 17.3 Å². The van der Waals surface area contributed by atoms with E-state index in [-0.39, 0.29) is 24.1 Å². The van der Waals surface area contributed by atoms with Gasteiger partial charge in [0.2, 0.25) is 0 Å². The van der Waals surface area contributed by atoms with E-state index in [9.17, 15) is 13.6 Å². The van der Waals surface area contributed by atoms with Gasteiger partial charge in [0.1, 0.15) is 12.4 Å². The average Bonchev–Trinajstić information content (AvgIpc) is 2.15. The molecule has 0 aromatic heterocycles. The fraction of sp³-hybridized carbons (Fsp3) is 0.364. The summed E-state index contributed by atoms with van der Waals surface area (Å²) in [6.45, 7) is 3.26. The summed E-state index contributed by atoms with van der Waals surface area (Å²) in [5.74, 6) is -1.86. The molecule has 0 saturated heterocycles. The van der Waals surface area contributed by atoms with Crippen LogP contribution in [0.3, 0.4) is 0 Å². The van der Waals surface area contributed by atoms with Crippen molar-refractivity contribution >= 4 is 5.78 Å². The SMILES string of the molecule is CC(C)C(=O)COc1ccc(F)cc1F. The van der Waals surface area contributed by atoms with E-state index in [1.807, 2.05) is 0 Å². The molecule has 0 atom stereocenters. The molecule has 0 saturated carbocycles. The summed E-state index contributed by atoms with van der Waals surface area (Å²) in [7, 11) is 0. The molecule has 1 aromatic carbocycles. The lowest BCUT2D eigenvalue weighted by molar-refractivity contribution is -0.123. The topological polar surface area (TPSA) is 26.3 Å². The van der Waals surface area contributed by atoms with Gasteiger partial charge in [-0.25, -0.2) is 8.78 Å². The van der Waals surface area contributed by atoms with Crippen molar-refractivity contribution in [1.29, 1.82) is 0 Å². The first-order valence-corrected chi connectivity index (χ1v) is 4.61. The van der Waals surface area contributed by atoms with Crippen molar-refractivity contribution in [3.8, 4) is 5.75 Å². The number of benzene rings is 1. The maximum atomic E-state index is 13.0. The largest absolute Gasteiger partial charge is 0.483 e. The fourth-order valence-electron chi connectivity index (χ4n) is 0.908. The molecule has 82 valence electrons. The number of hydrogen-bond acceptors (Lipinski definition) is 2. The number of hydrogen-bond donors (Lipinski definition) is 0. The lowest BCUT2D eigenvalue weighted by Gasteiger charge is -2.07. The molecule has 0 radical (unpaired) electrons. The first-order valence-electron chi connectivity index (χ1n) is 4.61. The van der Waals surface area contributed by atoms with Crippen molar-refractivity contribution in [2.45, 2.75) is 13.8 Å². The molecule has 0 unspecified atom stereocenters. The van der Waals surface area contributed by atoms with Crippen molar-refractivity contribution in [1.82, 2.24) is 0 Å². The van der Waals surface area contributed by atoms with Crippen LogP contribution in [0.5, 0.6) is 5.75 Å². The van der Waals surface area contributed by atoms with Crippen LogP contribution in [0.2, 0.25) is 0 Å². The number of ether oxygens (including phenoxy) is 1. The summed E-state index contributed by atoms with van der Waals surface area (Å²) in [4.78, 5) is 11.2. The minimum Gasteiger partial charge on any atom is -0.483 e. The zero-order valence-electron chi connectivity index (χ0n) is 8.59. The molecule has 0 bridgehead atoms. The van der Waals surface area contributed by atoms with Gasteiger partial charge in [0, 0.05) is 12.0 Å². The first-order chi connectivity index (χ1) is 7.00. The molecular weight excluding hydrogens is 202 g/mol. The van der Waals surface area contributed by atoms with Crippen LogP contribution >= 0.6 is 0 Å². The molecule has 0 amide bonds. The molecule has 0 heterocycles. The van der Waals surface area contributed by atoms with Crippen molar-refractivity contribution in [2.75, 3.05) is 6.61 Å². The predicted molar refractivity (Wildman–Crippen MR) is 51.7 cm³/mol. The van der Waals surface area contributed by atoms with E-state index in [1.165, 1.54) is 0 Å². The highest BCUT2D eigenvalue weighted by atomic mass is 19.1. The Hall–Kier alpha value is -1.45. The number of carbonyl (C=O) groups excluding carboxylic acids is 1. The Kier molecular flexibility index (Phi) is 3.77. The Labute approximate surface area is 86.9 Å².